The van der Waals surface area contributed by atoms with Crippen LogP contribution in [0.25, 0.3) is 22.0 Å². The fourth-order valence-corrected chi connectivity index (χ4v) is 3.62. The summed E-state index contributed by atoms with van der Waals surface area (Å²) in [6, 6.07) is 7.93. The van der Waals surface area contributed by atoms with Gasteiger partial charge in [0.1, 0.15) is 0 Å². The summed E-state index contributed by atoms with van der Waals surface area (Å²) in [4.78, 5) is 30.3. The number of aromatic nitrogens is 3. The number of carbonyl (C=O) groups is 1. The molecule has 4 heterocycles. The molecule has 1 fully saturated rings. The number of ketones is 1. The number of hydrogen-bond donors (Lipinski definition) is 0. The second kappa shape index (κ2) is 8.54. The molecule has 1 saturated heterocycles. The van der Waals surface area contributed by atoms with Gasteiger partial charge in [-0.3, -0.25) is 24.6 Å². The molecule has 0 unspecified atom stereocenters. The van der Waals surface area contributed by atoms with Gasteiger partial charge in [-0.2, -0.15) is 0 Å². The summed E-state index contributed by atoms with van der Waals surface area (Å²) >= 11 is 0. The molecule has 0 spiro atoms. The molecule has 0 aromatic carbocycles. The van der Waals surface area contributed by atoms with Crippen LogP contribution >= 0.6 is 0 Å². The van der Waals surface area contributed by atoms with Gasteiger partial charge in [0.2, 0.25) is 0 Å². The van der Waals surface area contributed by atoms with E-state index in [0.717, 1.165) is 60.3 Å². The smallest absolute Gasteiger partial charge is 0.152 e. The Morgan fingerprint density at radius 3 is 2.79 bits per heavy atom. The van der Waals surface area contributed by atoms with E-state index in [2.05, 4.69) is 31.8 Å². The van der Waals surface area contributed by atoms with Crippen molar-refractivity contribution in [1.29, 1.82) is 0 Å². The van der Waals surface area contributed by atoms with Crippen molar-refractivity contribution in [3.05, 3.63) is 54.7 Å². The van der Waals surface area contributed by atoms with E-state index in [1.165, 1.54) is 0 Å². The van der Waals surface area contributed by atoms with Gasteiger partial charge in [0.15, 0.2) is 5.78 Å². The standard InChI is InChI=1S/C22H25N5O/c1-26-6-3-7-27(9-8-26)16-21(28)12-20-10-18-11-22(17-4-2-5-23-13-17)25-15-19(18)14-24-20/h2,4-5,10-11,13-15H,3,6-9,12,16H2,1H3. The highest BCUT2D eigenvalue weighted by molar-refractivity contribution is 5.87. The average Bonchev–Trinajstić information content (AvgIpc) is 2.92. The first-order valence-electron chi connectivity index (χ1n) is 9.75. The molecular weight excluding hydrogens is 350 g/mol. The topological polar surface area (TPSA) is 62.2 Å². The van der Waals surface area contributed by atoms with Gasteiger partial charge in [0, 0.05) is 54.5 Å². The zero-order valence-corrected chi connectivity index (χ0v) is 16.2. The van der Waals surface area contributed by atoms with E-state index in [-0.39, 0.29) is 5.78 Å². The maximum Gasteiger partial charge on any atom is 0.152 e. The molecule has 0 radical (unpaired) electrons. The van der Waals surface area contributed by atoms with E-state index >= 15 is 0 Å². The maximum absolute atomic E-state index is 12.6. The van der Waals surface area contributed by atoms with E-state index in [4.69, 9.17) is 0 Å². The lowest BCUT2D eigenvalue weighted by Gasteiger charge is -2.19. The summed E-state index contributed by atoms with van der Waals surface area (Å²) in [6.07, 6.45) is 8.66. The molecule has 0 bridgehead atoms. The normalized spacial score (nSPS) is 16.2. The fraction of sp³-hybridized carbons (Fsp3) is 0.364. The van der Waals surface area contributed by atoms with Gasteiger partial charge < -0.3 is 4.90 Å². The first-order chi connectivity index (χ1) is 13.7. The Hall–Kier alpha value is -2.70. The number of nitrogens with zero attached hydrogens (tertiary/aromatic N) is 5. The summed E-state index contributed by atoms with van der Waals surface area (Å²) in [5.74, 6) is 0.220. The number of Topliss-reactive ketones (excluding diaryl/α,β-unsaturated/α-hetero) is 1. The maximum atomic E-state index is 12.6. The van der Waals surface area contributed by atoms with E-state index in [1.54, 1.807) is 18.6 Å². The highest BCUT2D eigenvalue weighted by atomic mass is 16.1. The second-order valence-electron chi connectivity index (χ2n) is 7.48. The molecule has 1 aliphatic rings. The Balaban J connectivity index is 1.47. The Morgan fingerprint density at radius 2 is 1.93 bits per heavy atom. The van der Waals surface area contributed by atoms with Crippen LogP contribution in [0.4, 0.5) is 0 Å². The third-order valence-electron chi connectivity index (χ3n) is 5.21. The molecular formula is C22H25N5O. The number of rotatable bonds is 5. The highest BCUT2D eigenvalue weighted by Gasteiger charge is 2.16. The van der Waals surface area contributed by atoms with E-state index in [1.807, 2.05) is 30.5 Å². The molecule has 0 amide bonds. The number of carbonyl (C=O) groups excluding carboxylic acids is 1. The fourth-order valence-electron chi connectivity index (χ4n) is 3.62. The molecule has 0 N–H and O–H groups in total. The average molecular weight is 375 g/mol. The molecule has 6 nitrogen and oxygen atoms in total. The van der Waals surface area contributed by atoms with Gasteiger partial charge in [-0.25, -0.2) is 0 Å². The monoisotopic (exact) mass is 375 g/mol. The minimum absolute atomic E-state index is 0.220. The largest absolute Gasteiger partial charge is 0.305 e. The molecule has 3 aromatic heterocycles. The zero-order valence-electron chi connectivity index (χ0n) is 16.2. The van der Waals surface area contributed by atoms with Crippen molar-refractivity contribution in [1.82, 2.24) is 24.8 Å². The van der Waals surface area contributed by atoms with Crippen LogP contribution in [0.3, 0.4) is 0 Å². The van der Waals surface area contributed by atoms with E-state index in [0.29, 0.717) is 13.0 Å². The van der Waals surface area contributed by atoms with Crippen LogP contribution in [0.1, 0.15) is 12.1 Å². The van der Waals surface area contributed by atoms with Crippen LogP contribution < -0.4 is 0 Å². The summed E-state index contributed by atoms with van der Waals surface area (Å²) in [5.41, 5.74) is 2.66. The SMILES string of the molecule is CN1CCCN(CC(=O)Cc2cc3cc(-c4cccnc4)ncc3cn2)CC1. The van der Waals surface area contributed by atoms with E-state index in [9.17, 15) is 4.79 Å². The van der Waals surface area contributed by atoms with Gasteiger partial charge in [-0.1, -0.05) is 0 Å². The van der Waals surface area contributed by atoms with Crippen LogP contribution in [0.5, 0.6) is 0 Å². The van der Waals surface area contributed by atoms with Crippen LogP contribution in [-0.4, -0.2) is 70.3 Å². The summed E-state index contributed by atoms with van der Waals surface area (Å²) in [5, 5.41) is 2.02. The van der Waals surface area contributed by atoms with Gasteiger partial charge in [-0.15, -0.1) is 0 Å². The molecule has 3 aromatic rings. The Labute approximate surface area is 165 Å². The number of hydrogen-bond acceptors (Lipinski definition) is 6. The third kappa shape index (κ3) is 4.58. The summed E-state index contributed by atoms with van der Waals surface area (Å²) < 4.78 is 0. The van der Waals surface area contributed by atoms with Crippen molar-refractivity contribution in [3.8, 4) is 11.3 Å². The van der Waals surface area contributed by atoms with Gasteiger partial charge in [-0.05, 0) is 56.2 Å². The van der Waals surface area contributed by atoms with Crippen molar-refractivity contribution in [2.24, 2.45) is 0 Å². The number of fused-ring (bicyclic) bond motifs is 1. The Bertz CT molecular complexity index is 960. The van der Waals surface area contributed by atoms with Gasteiger partial charge >= 0.3 is 0 Å². The molecule has 0 atom stereocenters. The van der Waals surface area contributed by atoms with Crippen molar-refractivity contribution >= 4 is 16.6 Å². The molecule has 4 rings (SSSR count). The molecule has 144 valence electrons. The van der Waals surface area contributed by atoms with Gasteiger partial charge in [0.25, 0.3) is 0 Å². The lowest BCUT2D eigenvalue weighted by Crippen LogP contribution is -2.34. The minimum Gasteiger partial charge on any atom is -0.305 e. The summed E-state index contributed by atoms with van der Waals surface area (Å²) in [7, 11) is 2.14. The van der Waals surface area contributed by atoms with Crippen LogP contribution in [-0.2, 0) is 11.2 Å². The number of pyridine rings is 3. The molecule has 6 heteroatoms. The molecule has 0 saturated carbocycles. The number of likely N-dealkylation sites (N-methyl/N-ethyl adjacent to an activating group) is 1. The quantitative estimate of drug-likeness (QED) is 0.683. The lowest BCUT2D eigenvalue weighted by molar-refractivity contribution is -0.119. The van der Waals surface area contributed by atoms with Crippen molar-refractivity contribution < 1.29 is 4.79 Å². The van der Waals surface area contributed by atoms with Crippen LogP contribution in [0.15, 0.2) is 49.1 Å². The second-order valence-corrected chi connectivity index (χ2v) is 7.48. The molecule has 0 aliphatic carbocycles. The van der Waals surface area contributed by atoms with Crippen molar-refractivity contribution in [2.45, 2.75) is 12.8 Å². The van der Waals surface area contributed by atoms with Crippen LogP contribution in [0.2, 0.25) is 0 Å². The Kier molecular flexibility index (Phi) is 5.69. The van der Waals surface area contributed by atoms with Crippen LogP contribution in [0, 0.1) is 0 Å². The van der Waals surface area contributed by atoms with Gasteiger partial charge in [0.05, 0.1) is 18.7 Å². The molecule has 1 aliphatic heterocycles. The lowest BCUT2D eigenvalue weighted by atomic mass is 10.1. The first kappa shape index (κ1) is 18.7. The zero-order chi connectivity index (χ0) is 19.3. The first-order valence-corrected chi connectivity index (χ1v) is 9.75. The summed E-state index contributed by atoms with van der Waals surface area (Å²) in [6.45, 7) is 4.57. The third-order valence-corrected chi connectivity index (χ3v) is 5.21. The predicted octanol–water partition coefficient (Wildman–Crippen LogP) is 2.44. The molecule has 28 heavy (non-hydrogen) atoms. The van der Waals surface area contributed by atoms with Crippen molar-refractivity contribution in [2.75, 3.05) is 39.8 Å². The minimum atomic E-state index is 0.220. The predicted molar refractivity (Wildman–Crippen MR) is 110 cm³/mol. The van der Waals surface area contributed by atoms with E-state index < -0.39 is 0 Å². The highest BCUT2D eigenvalue weighted by Crippen LogP contribution is 2.21. The Morgan fingerprint density at radius 1 is 1.04 bits per heavy atom. The van der Waals surface area contributed by atoms with Crippen molar-refractivity contribution in [3.63, 3.8) is 0 Å².